The van der Waals surface area contributed by atoms with E-state index in [1.807, 2.05) is 42.5 Å². The van der Waals surface area contributed by atoms with Gasteiger partial charge in [-0.3, -0.25) is 9.59 Å². The summed E-state index contributed by atoms with van der Waals surface area (Å²) < 4.78 is 101. The van der Waals surface area contributed by atoms with Crippen LogP contribution in [0.2, 0.25) is 10.0 Å². The second-order valence-electron chi connectivity index (χ2n) is 16.6. The van der Waals surface area contributed by atoms with Crippen molar-refractivity contribution in [2.75, 3.05) is 66.1 Å². The Bertz CT molecular complexity index is 2200. The number of ether oxygens (including phenoxy) is 3. The fourth-order valence-corrected chi connectivity index (χ4v) is 9.41. The van der Waals surface area contributed by atoms with Crippen LogP contribution in [-0.4, -0.2) is 98.8 Å². The van der Waals surface area contributed by atoms with Gasteiger partial charge < -0.3 is 28.9 Å². The number of likely N-dealkylation sites (tertiary alicyclic amines) is 1. The van der Waals surface area contributed by atoms with E-state index in [9.17, 15) is 35.9 Å². The number of amides is 2. The van der Waals surface area contributed by atoms with Gasteiger partial charge in [-0.1, -0.05) is 71.7 Å². The molecule has 0 bridgehead atoms. The molecule has 4 aromatic carbocycles. The van der Waals surface area contributed by atoms with E-state index in [-0.39, 0.29) is 59.8 Å². The smallest absolute Gasteiger partial charge is 0.416 e. The summed E-state index contributed by atoms with van der Waals surface area (Å²) in [6.45, 7) is 2.64. The van der Waals surface area contributed by atoms with E-state index < -0.39 is 40.6 Å². The molecular formula is C47H49Cl2F6N3O5. The molecule has 3 aliphatic rings. The number of fused-ring (bicyclic) bond motifs is 2. The molecule has 0 N–H and O–H groups in total. The monoisotopic (exact) mass is 919 g/mol. The molecule has 1 aliphatic carbocycles. The molecule has 0 aromatic heterocycles. The van der Waals surface area contributed by atoms with Crippen LogP contribution in [0.15, 0.2) is 91.0 Å². The normalized spacial score (nSPS) is 20.1. The molecule has 1 spiro atoms. The predicted octanol–water partition coefficient (Wildman–Crippen LogP) is 10.1. The van der Waals surface area contributed by atoms with Crippen LogP contribution in [0.3, 0.4) is 0 Å². The largest absolute Gasteiger partial charge is 0.494 e. The van der Waals surface area contributed by atoms with Gasteiger partial charge in [-0.15, -0.1) is 0 Å². The van der Waals surface area contributed by atoms with Crippen molar-refractivity contribution in [1.29, 1.82) is 0 Å². The molecule has 0 saturated carbocycles. The summed E-state index contributed by atoms with van der Waals surface area (Å²) in [6.07, 6.45) is -6.39. The number of benzene rings is 4. The zero-order chi connectivity index (χ0) is 45.0. The first kappa shape index (κ1) is 46.6. The number of piperidine rings is 1. The fourth-order valence-electron chi connectivity index (χ4n) is 9.11. The van der Waals surface area contributed by atoms with Crippen LogP contribution in [0, 0.1) is 0 Å². The topological polar surface area (TPSA) is 71.5 Å². The number of hydrogen-bond donors (Lipinski definition) is 0. The van der Waals surface area contributed by atoms with E-state index in [0.717, 1.165) is 31.4 Å². The number of carbonyl (C=O) groups is 2. The standard InChI is InChI=1S/C47H49Cl2F6N3O5/c1-56(18-7-8-23-61-37-10-3-2-4-11-37)42(59)30-62-41-27-32-9-5-6-12-38(32)44(41)15-19-57(20-16-44)21-17-45(34-13-14-39(48)40(49)29-34)31-58(22-24-63-45)43(60)33-25-35(46(50,51)52)28-36(26-33)47(53,54)55/h2-6,9-14,25-26,28-29,41H,7-8,15-24,27,30-31H2,1H3/t41-,45-/m0/s1. The first-order valence-corrected chi connectivity index (χ1v) is 21.8. The van der Waals surface area contributed by atoms with Crippen LogP contribution in [0.1, 0.15) is 70.3 Å². The summed E-state index contributed by atoms with van der Waals surface area (Å²) in [5, 5.41) is 0.494. The van der Waals surface area contributed by atoms with E-state index in [0.29, 0.717) is 63.3 Å². The molecule has 2 atom stereocenters. The molecule has 0 radical (unpaired) electrons. The van der Waals surface area contributed by atoms with E-state index in [1.165, 1.54) is 16.0 Å². The molecule has 0 unspecified atom stereocenters. The lowest BCUT2D eigenvalue weighted by Gasteiger charge is -2.46. The van der Waals surface area contributed by atoms with Gasteiger partial charge in [-0.25, -0.2) is 0 Å². The van der Waals surface area contributed by atoms with Gasteiger partial charge in [-0.05, 0) is 111 Å². The third-order valence-electron chi connectivity index (χ3n) is 12.6. The average molecular weight is 921 g/mol. The van der Waals surface area contributed by atoms with E-state index >= 15 is 0 Å². The van der Waals surface area contributed by atoms with Crippen molar-refractivity contribution in [1.82, 2.24) is 14.7 Å². The summed E-state index contributed by atoms with van der Waals surface area (Å²) in [5.41, 5.74) is -2.44. The number of likely N-dealkylation sites (N-methyl/N-ethyl adjacent to an activating group) is 1. The molecule has 2 saturated heterocycles. The Labute approximate surface area is 373 Å². The van der Waals surface area contributed by atoms with Crippen molar-refractivity contribution in [3.63, 3.8) is 0 Å². The lowest BCUT2D eigenvalue weighted by Crippen LogP contribution is -2.54. The number of carbonyl (C=O) groups excluding carboxylic acids is 2. The number of halogens is 8. The Morgan fingerprint density at radius 1 is 0.841 bits per heavy atom. The maximum atomic E-state index is 13.9. The highest BCUT2D eigenvalue weighted by atomic mass is 35.5. The molecule has 8 nitrogen and oxygen atoms in total. The first-order valence-electron chi connectivity index (χ1n) is 21.0. The minimum absolute atomic E-state index is 0.00297. The highest BCUT2D eigenvalue weighted by molar-refractivity contribution is 6.42. The lowest BCUT2D eigenvalue weighted by atomic mass is 9.72. The maximum absolute atomic E-state index is 13.9. The van der Waals surface area contributed by atoms with Gasteiger partial charge in [0.15, 0.2) is 0 Å². The summed E-state index contributed by atoms with van der Waals surface area (Å²) >= 11 is 12.7. The third kappa shape index (κ3) is 10.8. The Morgan fingerprint density at radius 2 is 1.52 bits per heavy atom. The molecular weight excluding hydrogens is 871 g/mol. The Hall–Kier alpha value is -4.34. The highest BCUT2D eigenvalue weighted by Gasteiger charge is 2.50. The summed E-state index contributed by atoms with van der Waals surface area (Å²) in [5.74, 6) is -0.263. The van der Waals surface area contributed by atoms with Gasteiger partial charge in [0.1, 0.15) is 18.0 Å². The average Bonchev–Trinajstić information content (AvgIpc) is 3.57. The quantitative estimate of drug-likeness (QED) is 0.0927. The third-order valence-corrected chi connectivity index (χ3v) is 13.4. The minimum Gasteiger partial charge on any atom is -0.494 e. The molecule has 338 valence electrons. The van der Waals surface area contributed by atoms with Crippen molar-refractivity contribution in [3.05, 3.63) is 134 Å². The van der Waals surface area contributed by atoms with Crippen LogP contribution >= 0.6 is 23.2 Å². The number of alkyl halides is 6. The summed E-state index contributed by atoms with van der Waals surface area (Å²) in [7, 11) is 1.78. The molecule has 7 rings (SSSR count). The number of hydrogen-bond acceptors (Lipinski definition) is 6. The number of morpholine rings is 1. The molecule has 2 amide bonds. The minimum atomic E-state index is -5.11. The SMILES string of the molecule is CN(CCCCOc1ccccc1)C(=O)CO[C@H]1Cc2ccccc2C12CCN(CC[C@@]1(c3ccc(Cl)c(Cl)c3)CN(C(=O)c3cc(C(F)(F)F)cc(C(F)(F)F)c3)CCO1)CC2. The lowest BCUT2D eigenvalue weighted by molar-refractivity contribution is -0.143. The van der Waals surface area contributed by atoms with Crippen molar-refractivity contribution >= 4 is 35.0 Å². The van der Waals surface area contributed by atoms with Gasteiger partial charge in [0.05, 0.1) is 47.0 Å². The van der Waals surface area contributed by atoms with E-state index in [4.69, 9.17) is 37.4 Å². The van der Waals surface area contributed by atoms with Gasteiger partial charge in [0, 0.05) is 37.7 Å². The first-order chi connectivity index (χ1) is 30.0. The number of para-hydroxylation sites is 1. The van der Waals surface area contributed by atoms with Crippen molar-refractivity contribution in [2.45, 2.75) is 68.0 Å². The van der Waals surface area contributed by atoms with Gasteiger partial charge in [0.2, 0.25) is 5.91 Å². The van der Waals surface area contributed by atoms with E-state index in [2.05, 4.69) is 17.0 Å². The zero-order valence-electron chi connectivity index (χ0n) is 34.8. The number of nitrogens with zero attached hydrogens (tertiary/aromatic N) is 3. The summed E-state index contributed by atoms with van der Waals surface area (Å²) in [6, 6.07) is 23.7. The second-order valence-corrected chi connectivity index (χ2v) is 17.4. The Balaban J connectivity index is 1.02. The maximum Gasteiger partial charge on any atom is 0.416 e. The van der Waals surface area contributed by atoms with Gasteiger partial charge in [-0.2, -0.15) is 26.3 Å². The zero-order valence-corrected chi connectivity index (χ0v) is 36.3. The number of rotatable bonds is 14. The second kappa shape index (κ2) is 19.4. The Morgan fingerprint density at radius 3 is 2.21 bits per heavy atom. The highest BCUT2D eigenvalue weighted by Crippen LogP contribution is 2.48. The van der Waals surface area contributed by atoms with E-state index in [1.54, 1.807) is 30.1 Å². The molecule has 16 heteroatoms. The fraction of sp³-hybridized carbons (Fsp3) is 0.447. The van der Waals surface area contributed by atoms with Gasteiger partial charge >= 0.3 is 12.4 Å². The van der Waals surface area contributed by atoms with Crippen LogP contribution in [-0.2, 0) is 44.1 Å². The van der Waals surface area contributed by atoms with Crippen LogP contribution in [0.25, 0.3) is 0 Å². The van der Waals surface area contributed by atoms with Gasteiger partial charge in [0.25, 0.3) is 5.91 Å². The molecule has 2 aliphatic heterocycles. The predicted molar refractivity (Wildman–Crippen MR) is 227 cm³/mol. The van der Waals surface area contributed by atoms with Crippen LogP contribution in [0.5, 0.6) is 5.75 Å². The molecule has 2 heterocycles. The molecule has 2 fully saturated rings. The van der Waals surface area contributed by atoms with Crippen LogP contribution in [0.4, 0.5) is 26.3 Å². The van der Waals surface area contributed by atoms with Crippen molar-refractivity contribution in [3.8, 4) is 5.75 Å². The Kier molecular flexibility index (Phi) is 14.4. The summed E-state index contributed by atoms with van der Waals surface area (Å²) in [4.78, 5) is 32.4. The van der Waals surface area contributed by atoms with Crippen molar-refractivity contribution < 1.29 is 50.1 Å². The molecule has 63 heavy (non-hydrogen) atoms. The number of unbranched alkanes of at least 4 members (excludes halogenated alkanes) is 1. The van der Waals surface area contributed by atoms with Crippen molar-refractivity contribution in [2.24, 2.45) is 0 Å². The molecule has 4 aromatic rings. The van der Waals surface area contributed by atoms with Crippen LogP contribution < -0.4 is 4.74 Å².